The largest absolute Gasteiger partial charge is 0.324 e. The molecule has 0 radical (unpaired) electrons. The fourth-order valence-electron chi connectivity index (χ4n) is 2.77. The van der Waals surface area contributed by atoms with Crippen LogP contribution in [-0.4, -0.2) is 31.1 Å². The number of carbonyl (C=O) groups is 1. The number of halogens is 1. The van der Waals surface area contributed by atoms with E-state index in [2.05, 4.69) is 25.7 Å². The first-order valence-corrected chi connectivity index (χ1v) is 8.66. The van der Waals surface area contributed by atoms with Gasteiger partial charge in [-0.2, -0.15) is 4.80 Å². The van der Waals surface area contributed by atoms with Gasteiger partial charge < -0.3 is 5.32 Å². The Hall–Kier alpha value is -3.32. The monoisotopic (exact) mass is 378 g/mol. The molecule has 2 aromatic heterocycles. The molecule has 0 spiro atoms. The van der Waals surface area contributed by atoms with E-state index < -0.39 is 0 Å². The van der Waals surface area contributed by atoms with E-state index in [4.69, 9.17) is 11.6 Å². The molecule has 0 aliphatic rings. The van der Waals surface area contributed by atoms with Crippen LogP contribution in [0.5, 0.6) is 0 Å². The van der Waals surface area contributed by atoms with E-state index >= 15 is 0 Å². The van der Waals surface area contributed by atoms with E-state index in [0.717, 1.165) is 22.0 Å². The Balaban J connectivity index is 1.51. The first-order valence-electron chi connectivity index (χ1n) is 8.28. The Morgan fingerprint density at radius 2 is 1.96 bits per heavy atom. The molecule has 0 fully saturated rings. The van der Waals surface area contributed by atoms with E-state index in [0.29, 0.717) is 16.5 Å². The number of benzene rings is 2. The molecule has 0 bridgehead atoms. The summed E-state index contributed by atoms with van der Waals surface area (Å²) >= 11 is 5.88. The third-order valence-corrected chi connectivity index (χ3v) is 4.34. The first-order chi connectivity index (χ1) is 13.1. The maximum atomic E-state index is 12.4. The van der Waals surface area contributed by atoms with Crippen molar-refractivity contribution in [1.29, 1.82) is 0 Å². The van der Waals surface area contributed by atoms with Crippen LogP contribution in [0.1, 0.15) is 5.56 Å². The number of nitrogens with one attached hydrogen (secondary N) is 1. The third-order valence-electron chi connectivity index (χ3n) is 4.09. The molecule has 4 aromatic rings. The molecule has 0 saturated carbocycles. The number of fused-ring (bicyclic) bond motifs is 1. The smallest absolute Gasteiger partial charge is 0.248 e. The summed E-state index contributed by atoms with van der Waals surface area (Å²) in [7, 11) is 0. The molecule has 27 heavy (non-hydrogen) atoms. The zero-order valence-corrected chi connectivity index (χ0v) is 15.2. The summed E-state index contributed by atoms with van der Waals surface area (Å²) in [6.45, 7) is 1.94. The van der Waals surface area contributed by atoms with Crippen LogP contribution in [0.2, 0.25) is 5.02 Å². The highest BCUT2D eigenvalue weighted by molar-refractivity contribution is 6.30. The normalized spacial score (nSPS) is 10.9. The summed E-state index contributed by atoms with van der Waals surface area (Å²) in [6.07, 6.45) is 1.73. The Morgan fingerprint density at radius 1 is 1.15 bits per heavy atom. The fourth-order valence-corrected chi connectivity index (χ4v) is 2.89. The van der Waals surface area contributed by atoms with Crippen molar-refractivity contribution in [3.8, 4) is 11.4 Å². The number of tetrazole rings is 1. The van der Waals surface area contributed by atoms with E-state index in [9.17, 15) is 4.79 Å². The quantitative estimate of drug-likeness (QED) is 0.587. The van der Waals surface area contributed by atoms with Gasteiger partial charge in [0.15, 0.2) is 0 Å². The molecule has 0 atom stereocenters. The second-order valence-corrected chi connectivity index (χ2v) is 6.46. The van der Waals surface area contributed by atoms with Crippen LogP contribution in [-0.2, 0) is 11.3 Å². The topological polar surface area (TPSA) is 85.6 Å². The summed E-state index contributed by atoms with van der Waals surface area (Å²) in [5, 5.41) is 16.6. The zero-order valence-electron chi connectivity index (χ0n) is 14.4. The van der Waals surface area contributed by atoms with Crippen molar-refractivity contribution >= 4 is 34.1 Å². The number of nitrogens with zero attached hydrogens (tertiary/aromatic N) is 5. The SMILES string of the molecule is Cc1ccc(NC(=O)Cn2nnc(-c3ccc(Cl)cc3)n2)c2cccnc12. The first kappa shape index (κ1) is 17.1. The summed E-state index contributed by atoms with van der Waals surface area (Å²) < 4.78 is 0. The van der Waals surface area contributed by atoms with E-state index in [1.807, 2.05) is 31.2 Å². The van der Waals surface area contributed by atoms with E-state index in [1.165, 1.54) is 4.80 Å². The maximum absolute atomic E-state index is 12.4. The minimum atomic E-state index is -0.246. The molecule has 1 amide bonds. The minimum absolute atomic E-state index is 0.0454. The average Bonchev–Trinajstić information content (AvgIpc) is 3.13. The molecule has 8 heteroatoms. The molecule has 2 aromatic carbocycles. The Morgan fingerprint density at radius 3 is 2.78 bits per heavy atom. The summed E-state index contributed by atoms with van der Waals surface area (Å²) in [5.41, 5.74) is 3.39. The van der Waals surface area contributed by atoms with Gasteiger partial charge in [-0.15, -0.1) is 10.2 Å². The lowest BCUT2D eigenvalue weighted by Gasteiger charge is -2.09. The maximum Gasteiger partial charge on any atom is 0.248 e. The number of rotatable bonds is 4. The average molecular weight is 379 g/mol. The van der Waals surface area contributed by atoms with Crippen LogP contribution in [0, 0.1) is 6.92 Å². The Labute approximate surface area is 160 Å². The fraction of sp³-hybridized carbons (Fsp3) is 0.105. The Kier molecular flexibility index (Phi) is 4.52. The number of aromatic nitrogens is 5. The van der Waals surface area contributed by atoms with Gasteiger partial charge in [0.2, 0.25) is 11.7 Å². The number of pyridine rings is 1. The van der Waals surface area contributed by atoms with Crippen LogP contribution in [0.3, 0.4) is 0 Å². The number of aryl methyl sites for hydroxylation is 1. The van der Waals surface area contributed by atoms with Gasteiger partial charge in [-0.05, 0) is 60.2 Å². The molecular weight excluding hydrogens is 364 g/mol. The van der Waals surface area contributed by atoms with Crippen molar-refractivity contribution in [2.45, 2.75) is 13.5 Å². The van der Waals surface area contributed by atoms with E-state index in [-0.39, 0.29) is 12.5 Å². The predicted molar refractivity (Wildman–Crippen MR) is 103 cm³/mol. The number of hydrogen-bond acceptors (Lipinski definition) is 5. The standard InChI is InChI=1S/C19H15ClN6O/c1-12-4-9-16(15-3-2-10-21-18(12)15)22-17(27)11-26-24-19(23-25-26)13-5-7-14(20)8-6-13/h2-10H,11H2,1H3,(H,22,27). The Bertz CT molecular complexity index is 1120. The number of anilines is 1. The molecule has 134 valence electrons. The van der Waals surface area contributed by atoms with Gasteiger partial charge >= 0.3 is 0 Å². The van der Waals surface area contributed by atoms with Gasteiger partial charge in [0.25, 0.3) is 0 Å². The lowest BCUT2D eigenvalue weighted by atomic mass is 10.1. The van der Waals surface area contributed by atoms with Crippen molar-refractivity contribution < 1.29 is 4.79 Å². The van der Waals surface area contributed by atoms with Gasteiger partial charge in [0.05, 0.1) is 11.2 Å². The highest BCUT2D eigenvalue weighted by atomic mass is 35.5. The zero-order chi connectivity index (χ0) is 18.8. The van der Waals surface area contributed by atoms with Crippen molar-refractivity contribution in [1.82, 2.24) is 25.2 Å². The number of amides is 1. The summed E-state index contributed by atoms with van der Waals surface area (Å²) in [6, 6.07) is 14.7. The predicted octanol–water partition coefficient (Wildman–Crippen LogP) is 3.49. The number of carbonyl (C=O) groups excluding carboxylic acids is 1. The highest BCUT2D eigenvalue weighted by Gasteiger charge is 2.11. The number of hydrogen-bond donors (Lipinski definition) is 1. The van der Waals surface area contributed by atoms with Crippen molar-refractivity contribution in [3.63, 3.8) is 0 Å². The van der Waals surface area contributed by atoms with Gasteiger partial charge in [0, 0.05) is 22.2 Å². The van der Waals surface area contributed by atoms with Gasteiger partial charge in [0.1, 0.15) is 6.54 Å². The van der Waals surface area contributed by atoms with Crippen LogP contribution in [0.4, 0.5) is 5.69 Å². The van der Waals surface area contributed by atoms with E-state index in [1.54, 1.807) is 30.5 Å². The van der Waals surface area contributed by atoms with Crippen molar-refractivity contribution in [3.05, 3.63) is 65.3 Å². The van der Waals surface area contributed by atoms with Crippen LogP contribution in [0.15, 0.2) is 54.7 Å². The molecule has 0 aliphatic heterocycles. The van der Waals surface area contributed by atoms with Gasteiger partial charge in [-0.1, -0.05) is 17.7 Å². The third kappa shape index (κ3) is 3.63. The molecule has 4 rings (SSSR count). The molecule has 2 heterocycles. The highest BCUT2D eigenvalue weighted by Crippen LogP contribution is 2.24. The van der Waals surface area contributed by atoms with Gasteiger partial charge in [-0.3, -0.25) is 9.78 Å². The summed E-state index contributed by atoms with van der Waals surface area (Å²) in [5.74, 6) is 0.188. The van der Waals surface area contributed by atoms with Crippen LogP contribution < -0.4 is 5.32 Å². The molecule has 0 unspecified atom stereocenters. The summed E-state index contributed by atoms with van der Waals surface area (Å²) in [4.78, 5) is 18.1. The van der Waals surface area contributed by atoms with Crippen LogP contribution in [0.25, 0.3) is 22.3 Å². The molecular formula is C19H15ClN6O. The molecule has 0 saturated heterocycles. The second kappa shape index (κ2) is 7.13. The lowest BCUT2D eigenvalue weighted by molar-refractivity contribution is -0.117. The van der Waals surface area contributed by atoms with Crippen molar-refractivity contribution in [2.75, 3.05) is 5.32 Å². The van der Waals surface area contributed by atoms with Crippen LogP contribution >= 0.6 is 11.6 Å². The van der Waals surface area contributed by atoms with Crippen molar-refractivity contribution in [2.24, 2.45) is 0 Å². The van der Waals surface area contributed by atoms with Gasteiger partial charge in [-0.25, -0.2) is 0 Å². The minimum Gasteiger partial charge on any atom is -0.324 e. The molecule has 0 aliphatic carbocycles. The molecule has 7 nitrogen and oxygen atoms in total. The molecule has 1 N–H and O–H groups in total. The lowest BCUT2D eigenvalue weighted by Crippen LogP contribution is -2.20. The second-order valence-electron chi connectivity index (χ2n) is 6.03.